The maximum atomic E-state index is 13.0. The number of carbonyl (C=O) groups is 1. The average Bonchev–Trinajstić information content (AvgIpc) is 2.53. The van der Waals surface area contributed by atoms with Gasteiger partial charge in [-0.25, -0.2) is 12.8 Å². The minimum absolute atomic E-state index is 0.284. The third-order valence-corrected chi connectivity index (χ3v) is 5.20. The van der Waals surface area contributed by atoms with Gasteiger partial charge in [0.2, 0.25) is 10.0 Å². The average molecular weight is 364 g/mol. The summed E-state index contributed by atoms with van der Waals surface area (Å²) in [4.78, 5) is 12.4. The summed E-state index contributed by atoms with van der Waals surface area (Å²) >= 11 is 0. The number of carbonyl (C=O) groups excluding carboxylic acids is 1. The summed E-state index contributed by atoms with van der Waals surface area (Å²) < 4.78 is 37.4. The lowest BCUT2D eigenvalue weighted by Gasteiger charge is -2.20. The number of sulfonamides is 1. The second-order valence-corrected chi connectivity index (χ2v) is 7.99. The van der Waals surface area contributed by atoms with E-state index in [1.54, 1.807) is 37.3 Å². The van der Waals surface area contributed by atoms with Crippen molar-refractivity contribution in [3.05, 3.63) is 65.0 Å². The first-order valence-electron chi connectivity index (χ1n) is 7.70. The standard InChI is InChI=1S/C18H21FN2O3S/c1-12-11-15(7-10-17(12)21(3)25(4,23)24)18(22)20-13(2)14-5-8-16(19)9-6-14/h5-11,13H,1-4H3,(H,20,22)/t13-/m1/s1. The predicted molar refractivity (Wildman–Crippen MR) is 96.7 cm³/mol. The molecule has 0 unspecified atom stereocenters. The monoisotopic (exact) mass is 364 g/mol. The first-order chi connectivity index (χ1) is 11.6. The molecule has 0 saturated carbocycles. The molecule has 1 atom stereocenters. The van der Waals surface area contributed by atoms with E-state index in [1.807, 2.05) is 6.92 Å². The number of hydrogen-bond acceptors (Lipinski definition) is 3. The molecule has 0 bridgehead atoms. The lowest BCUT2D eigenvalue weighted by molar-refractivity contribution is 0.0940. The molecule has 0 aromatic heterocycles. The van der Waals surface area contributed by atoms with Crippen LogP contribution in [-0.4, -0.2) is 27.6 Å². The van der Waals surface area contributed by atoms with Gasteiger partial charge in [-0.05, 0) is 55.3 Å². The number of halogens is 1. The summed E-state index contributed by atoms with van der Waals surface area (Å²) in [6.07, 6.45) is 1.12. The fraction of sp³-hybridized carbons (Fsp3) is 0.278. The van der Waals surface area contributed by atoms with E-state index in [-0.39, 0.29) is 17.8 Å². The highest BCUT2D eigenvalue weighted by molar-refractivity contribution is 7.92. The lowest BCUT2D eigenvalue weighted by atomic mass is 10.1. The molecule has 0 radical (unpaired) electrons. The first-order valence-corrected chi connectivity index (χ1v) is 9.55. The van der Waals surface area contributed by atoms with Crippen molar-refractivity contribution in [3.8, 4) is 0 Å². The Morgan fingerprint density at radius 2 is 1.76 bits per heavy atom. The normalized spacial score (nSPS) is 12.5. The Kier molecular flexibility index (Phi) is 5.47. The number of benzene rings is 2. The molecule has 134 valence electrons. The van der Waals surface area contributed by atoms with Crippen molar-refractivity contribution in [1.29, 1.82) is 0 Å². The number of nitrogens with one attached hydrogen (secondary N) is 1. The lowest BCUT2D eigenvalue weighted by Crippen LogP contribution is -2.28. The van der Waals surface area contributed by atoms with Gasteiger partial charge in [-0.1, -0.05) is 12.1 Å². The summed E-state index contributed by atoms with van der Waals surface area (Å²) in [5.74, 6) is -0.614. The van der Waals surface area contributed by atoms with Crippen molar-refractivity contribution in [2.24, 2.45) is 0 Å². The minimum Gasteiger partial charge on any atom is -0.346 e. The van der Waals surface area contributed by atoms with Crippen LogP contribution in [0.5, 0.6) is 0 Å². The highest BCUT2D eigenvalue weighted by Gasteiger charge is 2.17. The third kappa shape index (κ3) is 4.57. The van der Waals surface area contributed by atoms with Crippen LogP contribution in [0.2, 0.25) is 0 Å². The van der Waals surface area contributed by atoms with Gasteiger partial charge in [-0.3, -0.25) is 9.10 Å². The van der Waals surface area contributed by atoms with E-state index in [0.29, 0.717) is 16.8 Å². The molecule has 0 aliphatic rings. The molecule has 0 fully saturated rings. The maximum absolute atomic E-state index is 13.0. The maximum Gasteiger partial charge on any atom is 0.251 e. The molecular formula is C18H21FN2O3S. The highest BCUT2D eigenvalue weighted by Crippen LogP contribution is 2.22. The fourth-order valence-corrected chi connectivity index (χ4v) is 3.01. The molecule has 1 N–H and O–H groups in total. The minimum atomic E-state index is -3.37. The Bertz CT molecular complexity index is 880. The van der Waals surface area contributed by atoms with Crippen LogP contribution in [0.3, 0.4) is 0 Å². The summed E-state index contributed by atoms with van der Waals surface area (Å²) in [7, 11) is -1.90. The molecule has 7 heteroatoms. The van der Waals surface area contributed by atoms with Gasteiger partial charge in [0.05, 0.1) is 18.0 Å². The van der Waals surface area contributed by atoms with Crippen LogP contribution in [0.25, 0.3) is 0 Å². The number of anilines is 1. The van der Waals surface area contributed by atoms with Crippen LogP contribution in [0, 0.1) is 12.7 Å². The van der Waals surface area contributed by atoms with Crippen molar-refractivity contribution in [3.63, 3.8) is 0 Å². The van der Waals surface area contributed by atoms with Crippen molar-refractivity contribution in [1.82, 2.24) is 5.32 Å². The number of rotatable bonds is 5. The van der Waals surface area contributed by atoms with Crippen molar-refractivity contribution >= 4 is 21.6 Å². The van der Waals surface area contributed by atoms with E-state index >= 15 is 0 Å². The second-order valence-electron chi connectivity index (χ2n) is 5.98. The molecular weight excluding hydrogens is 343 g/mol. The first kappa shape index (κ1) is 18.9. The van der Waals surface area contributed by atoms with Crippen LogP contribution in [0.1, 0.15) is 34.5 Å². The summed E-state index contributed by atoms with van der Waals surface area (Å²) in [5.41, 5.74) is 2.41. The second kappa shape index (κ2) is 7.23. The van der Waals surface area contributed by atoms with Gasteiger partial charge >= 0.3 is 0 Å². The summed E-state index contributed by atoms with van der Waals surface area (Å²) in [5, 5.41) is 2.84. The van der Waals surface area contributed by atoms with Crippen LogP contribution >= 0.6 is 0 Å². The van der Waals surface area contributed by atoms with E-state index in [0.717, 1.165) is 11.8 Å². The van der Waals surface area contributed by atoms with Crippen molar-refractivity contribution in [2.75, 3.05) is 17.6 Å². The molecule has 1 amide bonds. The van der Waals surface area contributed by atoms with Gasteiger partial charge in [0, 0.05) is 12.6 Å². The largest absolute Gasteiger partial charge is 0.346 e. The Balaban J connectivity index is 2.17. The van der Waals surface area contributed by atoms with Gasteiger partial charge in [0.15, 0.2) is 0 Å². The Labute approximate surface area is 147 Å². The molecule has 5 nitrogen and oxygen atoms in total. The van der Waals surface area contributed by atoms with Crippen molar-refractivity contribution < 1.29 is 17.6 Å². The fourth-order valence-electron chi connectivity index (χ4n) is 2.44. The number of aryl methyl sites for hydroxylation is 1. The number of hydrogen-bond donors (Lipinski definition) is 1. The van der Waals surface area contributed by atoms with E-state index in [4.69, 9.17) is 0 Å². The molecule has 2 aromatic carbocycles. The summed E-state index contributed by atoms with van der Waals surface area (Å²) in [6, 6.07) is 10.5. The van der Waals surface area contributed by atoms with Crippen LogP contribution in [-0.2, 0) is 10.0 Å². The zero-order chi connectivity index (χ0) is 18.8. The highest BCUT2D eigenvalue weighted by atomic mass is 32.2. The van der Waals surface area contributed by atoms with E-state index in [1.165, 1.54) is 23.5 Å². The van der Waals surface area contributed by atoms with Gasteiger partial charge in [0.1, 0.15) is 5.82 Å². The van der Waals surface area contributed by atoms with Crippen molar-refractivity contribution in [2.45, 2.75) is 19.9 Å². The van der Waals surface area contributed by atoms with Gasteiger partial charge < -0.3 is 5.32 Å². The number of nitrogens with zero attached hydrogens (tertiary/aromatic N) is 1. The topological polar surface area (TPSA) is 66.5 Å². The number of amides is 1. The van der Waals surface area contributed by atoms with Gasteiger partial charge in [0.25, 0.3) is 5.91 Å². The smallest absolute Gasteiger partial charge is 0.251 e. The SMILES string of the molecule is Cc1cc(C(=O)N[C@H](C)c2ccc(F)cc2)ccc1N(C)S(C)(=O)=O. The molecule has 0 aliphatic heterocycles. The molecule has 0 heterocycles. The third-order valence-electron chi connectivity index (χ3n) is 4.01. The quantitative estimate of drug-likeness (QED) is 0.887. The molecule has 2 rings (SSSR count). The van der Waals surface area contributed by atoms with Gasteiger partial charge in [-0.2, -0.15) is 0 Å². The predicted octanol–water partition coefficient (Wildman–Crippen LogP) is 3.02. The Morgan fingerprint density at radius 1 is 1.16 bits per heavy atom. The van der Waals surface area contributed by atoms with Crippen LogP contribution in [0.4, 0.5) is 10.1 Å². The molecule has 2 aromatic rings. The molecule has 0 aliphatic carbocycles. The van der Waals surface area contributed by atoms with E-state index in [2.05, 4.69) is 5.32 Å². The summed E-state index contributed by atoms with van der Waals surface area (Å²) in [6.45, 7) is 3.56. The zero-order valence-electron chi connectivity index (χ0n) is 14.6. The Morgan fingerprint density at radius 3 is 2.28 bits per heavy atom. The van der Waals surface area contributed by atoms with Crippen LogP contribution in [0.15, 0.2) is 42.5 Å². The zero-order valence-corrected chi connectivity index (χ0v) is 15.4. The van der Waals surface area contributed by atoms with E-state index < -0.39 is 10.0 Å². The van der Waals surface area contributed by atoms with E-state index in [9.17, 15) is 17.6 Å². The molecule has 25 heavy (non-hydrogen) atoms. The van der Waals surface area contributed by atoms with Crippen LogP contribution < -0.4 is 9.62 Å². The van der Waals surface area contributed by atoms with Gasteiger partial charge in [-0.15, -0.1) is 0 Å². The Hall–Kier alpha value is -2.41. The molecule has 0 saturated heterocycles. The molecule has 0 spiro atoms.